The Hall–Kier alpha value is -1.28. The predicted molar refractivity (Wildman–Crippen MR) is 70.7 cm³/mol. The maximum absolute atomic E-state index is 3.56. The lowest BCUT2D eigenvalue weighted by atomic mass is 10.0. The lowest BCUT2D eigenvalue weighted by molar-refractivity contribution is 0.823. The van der Waals surface area contributed by atoms with Crippen LogP contribution in [-0.2, 0) is 6.42 Å². The molecule has 0 saturated carbocycles. The van der Waals surface area contributed by atoms with Gasteiger partial charge >= 0.3 is 0 Å². The first-order valence-electron chi connectivity index (χ1n) is 5.43. The summed E-state index contributed by atoms with van der Waals surface area (Å²) in [6, 6.07) is 17.4. The molecule has 0 bridgehead atoms. The molecule has 2 aromatic rings. The Morgan fingerprint density at radius 2 is 1.94 bits per heavy atom. The van der Waals surface area contributed by atoms with Crippen molar-refractivity contribution >= 4 is 21.6 Å². The first-order chi connectivity index (χ1) is 7.83. The number of hydrogen-bond acceptors (Lipinski definition) is 1. The van der Waals surface area contributed by atoms with E-state index in [9.17, 15) is 0 Å². The summed E-state index contributed by atoms with van der Waals surface area (Å²) >= 11 is 3.52. The number of anilines is 1. The zero-order chi connectivity index (χ0) is 11.0. The highest BCUT2D eigenvalue weighted by molar-refractivity contribution is 9.10. The molecule has 1 aliphatic heterocycles. The van der Waals surface area contributed by atoms with E-state index < -0.39 is 0 Å². The van der Waals surface area contributed by atoms with E-state index in [4.69, 9.17) is 0 Å². The Morgan fingerprint density at radius 3 is 2.75 bits per heavy atom. The number of para-hydroxylation sites is 1. The van der Waals surface area contributed by atoms with Gasteiger partial charge in [-0.1, -0.05) is 46.3 Å². The van der Waals surface area contributed by atoms with Gasteiger partial charge in [-0.15, -0.1) is 0 Å². The largest absolute Gasteiger partial charge is 0.378 e. The van der Waals surface area contributed by atoms with Gasteiger partial charge in [0.15, 0.2) is 0 Å². The van der Waals surface area contributed by atoms with Crippen molar-refractivity contribution in [2.24, 2.45) is 0 Å². The zero-order valence-electron chi connectivity index (χ0n) is 8.78. The van der Waals surface area contributed by atoms with Crippen molar-refractivity contribution in [3.05, 3.63) is 64.1 Å². The number of rotatable bonds is 1. The summed E-state index contributed by atoms with van der Waals surface area (Å²) < 4.78 is 1.14. The van der Waals surface area contributed by atoms with Crippen LogP contribution in [-0.4, -0.2) is 0 Å². The van der Waals surface area contributed by atoms with Gasteiger partial charge < -0.3 is 5.32 Å². The minimum absolute atomic E-state index is 0.412. The van der Waals surface area contributed by atoms with Crippen molar-refractivity contribution in [1.82, 2.24) is 0 Å². The Kier molecular flexibility index (Phi) is 2.44. The zero-order valence-corrected chi connectivity index (χ0v) is 10.4. The highest BCUT2D eigenvalue weighted by Crippen LogP contribution is 2.34. The van der Waals surface area contributed by atoms with Crippen molar-refractivity contribution in [2.45, 2.75) is 12.5 Å². The van der Waals surface area contributed by atoms with Gasteiger partial charge in [0.2, 0.25) is 0 Å². The third kappa shape index (κ3) is 1.74. The van der Waals surface area contributed by atoms with Crippen LogP contribution in [0.1, 0.15) is 17.2 Å². The third-order valence-corrected chi connectivity index (χ3v) is 3.52. The van der Waals surface area contributed by atoms with Crippen LogP contribution in [0.25, 0.3) is 0 Å². The van der Waals surface area contributed by atoms with E-state index in [0.717, 1.165) is 10.9 Å². The van der Waals surface area contributed by atoms with Crippen molar-refractivity contribution in [3.8, 4) is 0 Å². The van der Waals surface area contributed by atoms with Crippen LogP contribution in [0.15, 0.2) is 53.0 Å². The van der Waals surface area contributed by atoms with E-state index in [1.165, 1.54) is 16.8 Å². The molecule has 2 aromatic carbocycles. The van der Waals surface area contributed by atoms with Crippen molar-refractivity contribution in [3.63, 3.8) is 0 Å². The Morgan fingerprint density at radius 1 is 1.06 bits per heavy atom. The van der Waals surface area contributed by atoms with E-state index in [-0.39, 0.29) is 0 Å². The topological polar surface area (TPSA) is 12.0 Å². The summed E-state index contributed by atoms with van der Waals surface area (Å²) in [6.45, 7) is 0. The molecule has 0 radical (unpaired) electrons. The molecule has 0 fully saturated rings. The molecule has 2 heteroatoms. The second-order valence-electron chi connectivity index (χ2n) is 4.11. The monoisotopic (exact) mass is 273 g/mol. The van der Waals surface area contributed by atoms with Crippen LogP contribution >= 0.6 is 15.9 Å². The van der Waals surface area contributed by atoms with Gasteiger partial charge in [0.25, 0.3) is 0 Å². The summed E-state index contributed by atoms with van der Waals surface area (Å²) in [7, 11) is 0. The number of fused-ring (bicyclic) bond motifs is 1. The maximum atomic E-state index is 3.56. The molecular formula is C14H12BrN. The normalized spacial score (nSPS) is 17.9. The molecule has 16 heavy (non-hydrogen) atoms. The third-order valence-electron chi connectivity index (χ3n) is 3.02. The second-order valence-corrected chi connectivity index (χ2v) is 5.03. The SMILES string of the molecule is Brc1cccc([C@H]2Cc3ccccc3N2)c1. The summed E-state index contributed by atoms with van der Waals surface area (Å²) in [4.78, 5) is 0. The predicted octanol–water partition coefficient (Wildman–Crippen LogP) is 4.16. The summed E-state index contributed by atoms with van der Waals surface area (Å²) in [5, 5.41) is 3.56. The maximum Gasteiger partial charge on any atom is 0.0555 e. The van der Waals surface area contributed by atoms with Crippen LogP contribution in [0, 0.1) is 0 Å². The molecule has 0 spiro atoms. The molecule has 0 aliphatic carbocycles. The molecule has 0 aromatic heterocycles. The lowest BCUT2D eigenvalue weighted by Crippen LogP contribution is -2.05. The van der Waals surface area contributed by atoms with Crippen LogP contribution in [0.2, 0.25) is 0 Å². The molecule has 1 N–H and O–H groups in total. The highest BCUT2D eigenvalue weighted by atomic mass is 79.9. The fourth-order valence-corrected chi connectivity index (χ4v) is 2.64. The summed E-state index contributed by atoms with van der Waals surface area (Å²) in [5.41, 5.74) is 4.02. The average molecular weight is 274 g/mol. The first-order valence-corrected chi connectivity index (χ1v) is 6.22. The van der Waals surface area contributed by atoms with Crippen LogP contribution in [0.4, 0.5) is 5.69 Å². The smallest absolute Gasteiger partial charge is 0.0555 e. The van der Waals surface area contributed by atoms with Crippen molar-refractivity contribution in [1.29, 1.82) is 0 Å². The first kappa shape index (κ1) is 9.91. The van der Waals surface area contributed by atoms with E-state index in [1.54, 1.807) is 0 Å². The van der Waals surface area contributed by atoms with E-state index in [1.807, 2.05) is 0 Å². The molecule has 0 unspecified atom stereocenters. The quantitative estimate of drug-likeness (QED) is 0.823. The Bertz CT molecular complexity index is 497. The standard InChI is InChI=1S/C14H12BrN/c15-12-6-3-5-10(8-12)14-9-11-4-1-2-7-13(11)16-14/h1-8,14,16H,9H2/t14-/m1/s1. The molecule has 3 rings (SSSR count). The molecule has 0 amide bonds. The van der Waals surface area contributed by atoms with E-state index in [0.29, 0.717) is 6.04 Å². The van der Waals surface area contributed by atoms with Crippen molar-refractivity contribution < 1.29 is 0 Å². The second kappa shape index (κ2) is 3.95. The summed E-state index contributed by atoms with van der Waals surface area (Å²) in [6.07, 6.45) is 1.08. The molecule has 0 saturated heterocycles. The summed E-state index contributed by atoms with van der Waals surface area (Å²) in [5.74, 6) is 0. The van der Waals surface area contributed by atoms with Crippen LogP contribution < -0.4 is 5.32 Å². The van der Waals surface area contributed by atoms with Crippen molar-refractivity contribution in [2.75, 3.05) is 5.32 Å². The number of hydrogen-bond donors (Lipinski definition) is 1. The van der Waals surface area contributed by atoms with Gasteiger partial charge in [0.05, 0.1) is 6.04 Å². The molecule has 1 atom stereocenters. The van der Waals surface area contributed by atoms with Gasteiger partial charge in [0.1, 0.15) is 0 Å². The van der Waals surface area contributed by atoms with Gasteiger partial charge in [-0.3, -0.25) is 0 Å². The Balaban J connectivity index is 1.91. The van der Waals surface area contributed by atoms with E-state index >= 15 is 0 Å². The van der Waals surface area contributed by atoms with Gasteiger partial charge in [0, 0.05) is 10.2 Å². The van der Waals surface area contributed by atoms with Crippen LogP contribution in [0.5, 0.6) is 0 Å². The fourth-order valence-electron chi connectivity index (χ4n) is 2.22. The number of nitrogens with one attached hydrogen (secondary N) is 1. The number of halogens is 1. The highest BCUT2D eigenvalue weighted by Gasteiger charge is 2.21. The number of benzene rings is 2. The molecule has 1 aliphatic rings. The molecule has 1 heterocycles. The van der Waals surface area contributed by atoms with Crippen LogP contribution in [0.3, 0.4) is 0 Å². The minimum atomic E-state index is 0.412. The van der Waals surface area contributed by atoms with E-state index in [2.05, 4.69) is 69.8 Å². The van der Waals surface area contributed by atoms with Gasteiger partial charge in [-0.2, -0.15) is 0 Å². The molecule has 80 valence electrons. The molecular weight excluding hydrogens is 262 g/mol. The van der Waals surface area contributed by atoms with Gasteiger partial charge in [-0.05, 0) is 35.7 Å². The minimum Gasteiger partial charge on any atom is -0.378 e. The van der Waals surface area contributed by atoms with Gasteiger partial charge in [-0.25, -0.2) is 0 Å². The average Bonchev–Trinajstić information content (AvgIpc) is 2.72. The lowest BCUT2D eigenvalue weighted by Gasteiger charge is -2.11. The Labute approximate surface area is 104 Å². The fraction of sp³-hybridized carbons (Fsp3) is 0.143. The molecule has 1 nitrogen and oxygen atoms in total.